The molecular weight excluding hydrogens is 166 g/mol. The Hall–Kier alpha value is -0.800. The Bertz CT molecular complexity index is 207. The molecule has 1 aromatic heterocycles. The minimum Gasteiger partial charge on any atom is -0.472 e. The van der Waals surface area contributed by atoms with Gasteiger partial charge in [0.2, 0.25) is 0 Å². The molecule has 1 heterocycles. The van der Waals surface area contributed by atoms with Gasteiger partial charge < -0.3 is 14.5 Å². The lowest BCUT2D eigenvalue weighted by Crippen LogP contribution is -2.26. The summed E-state index contributed by atoms with van der Waals surface area (Å²) in [5.74, 6) is 0. The van der Waals surface area contributed by atoms with Crippen molar-refractivity contribution in [2.45, 2.75) is 26.5 Å². The Labute approximate surface area is 79.1 Å². The Kier molecular flexibility index (Phi) is 4.57. The highest BCUT2D eigenvalue weighted by Gasteiger charge is 1.94. The zero-order valence-electron chi connectivity index (χ0n) is 8.25. The van der Waals surface area contributed by atoms with Crippen molar-refractivity contribution in [1.29, 1.82) is 0 Å². The largest absolute Gasteiger partial charge is 0.472 e. The average Bonchev–Trinajstić information content (AvgIpc) is 2.55. The van der Waals surface area contributed by atoms with Gasteiger partial charge in [-0.15, -0.1) is 0 Å². The molecule has 0 aliphatic carbocycles. The first kappa shape index (κ1) is 10.3. The fourth-order valence-corrected chi connectivity index (χ4v) is 0.985. The summed E-state index contributed by atoms with van der Waals surface area (Å²) in [5, 5.41) is 3.28. The van der Waals surface area contributed by atoms with E-state index in [9.17, 15) is 0 Å². The van der Waals surface area contributed by atoms with Crippen molar-refractivity contribution in [3.63, 3.8) is 0 Å². The third-order valence-electron chi connectivity index (χ3n) is 1.65. The number of hydrogen-bond acceptors (Lipinski definition) is 3. The maximum absolute atomic E-state index is 5.41. The van der Waals surface area contributed by atoms with Gasteiger partial charge in [0, 0.05) is 18.2 Å². The highest BCUT2D eigenvalue weighted by molar-refractivity contribution is 5.02. The monoisotopic (exact) mass is 183 g/mol. The molecule has 3 nitrogen and oxygen atoms in total. The summed E-state index contributed by atoms with van der Waals surface area (Å²) in [7, 11) is 0. The Morgan fingerprint density at radius 1 is 1.54 bits per heavy atom. The van der Waals surface area contributed by atoms with Crippen LogP contribution >= 0.6 is 0 Å². The normalized spacial score (nSPS) is 11.0. The second-order valence-corrected chi connectivity index (χ2v) is 3.29. The number of nitrogens with one attached hydrogen (secondary N) is 1. The van der Waals surface area contributed by atoms with Gasteiger partial charge in [-0.2, -0.15) is 0 Å². The summed E-state index contributed by atoms with van der Waals surface area (Å²) in [6.07, 6.45) is 3.36. The predicted octanol–water partition coefficient (Wildman–Crippen LogP) is 1.79. The summed E-state index contributed by atoms with van der Waals surface area (Å²) < 4.78 is 10.3. The van der Waals surface area contributed by atoms with Crippen LogP contribution in [0.3, 0.4) is 0 Å². The van der Waals surface area contributed by atoms with Crippen molar-refractivity contribution >= 4 is 0 Å². The van der Waals surface area contributed by atoms with Crippen LogP contribution in [0.2, 0.25) is 0 Å². The first-order chi connectivity index (χ1) is 6.29. The van der Waals surface area contributed by atoms with E-state index in [1.807, 2.05) is 6.07 Å². The van der Waals surface area contributed by atoms with Crippen molar-refractivity contribution in [3.8, 4) is 0 Å². The van der Waals surface area contributed by atoms with Gasteiger partial charge in [0.05, 0.1) is 25.7 Å². The van der Waals surface area contributed by atoms with Crippen LogP contribution in [0.5, 0.6) is 0 Å². The highest BCUT2D eigenvalue weighted by atomic mass is 16.5. The minimum absolute atomic E-state index is 0.525. The number of ether oxygens (including phenoxy) is 1. The van der Waals surface area contributed by atoms with Gasteiger partial charge in [0.15, 0.2) is 0 Å². The van der Waals surface area contributed by atoms with Crippen LogP contribution in [0.4, 0.5) is 0 Å². The van der Waals surface area contributed by atoms with Gasteiger partial charge in [-0.3, -0.25) is 0 Å². The number of furan rings is 1. The van der Waals surface area contributed by atoms with Crippen molar-refractivity contribution in [3.05, 3.63) is 24.2 Å². The predicted molar refractivity (Wildman–Crippen MR) is 51.5 cm³/mol. The van der Waals surface area contributed by atoms with Crippen LogP contribution in [-0.4, -0.2) is 19.2 Å². The van der Waals surface area contributed by atoms with Crippen LogP contribution in [0, 0.1) is 0 Å². The van der Waals surface area contributed by atoms with E-state index in [-0.39, 0.29) is 0 Å². The van der Waals surface area contributed by atoms with Gasteiger partial charge in [0.25, 0.3) is 0 Å². The summed E-state index contributed by atoms with van der Waals surface area (Å²) >= 11 is 0. The zero-order chi connectivity index (χ0) is 9.52. The maximum atomic E-state index is 5.41. The molecule has 0 aliphatic rings. The van der Waals surface area contributed by atoms with Crippen molar-refractivity contribution in [2.24, 2.45) is 0 Å². The van der Waals surface area contributed by atoms with Gasteiger partial charge in [0.1, 0.15) is 0 Å². The van der Waals surface area contributed by atoms with E-state index < -0.39 is 0 Å². The summed E-state index contributed by atoms with van der Waals surface area (Å²) in [6, 6.07) is 2.44. The molecule has 1 rings (SSSR count). The number of rotatable bonds is 6. The molecule has 74 valence electrons. The molecular formula is C10H17NO2. The molecule has 0 saturated carbocycles. The van der Waals surface area contributed by atoms with Crippen LogP contribution in [0.25, 0.3) is 0 Å². The molecule has 0 aliphatic heterocycles. The molecule has 0 saturated heterocycles. The third-order valence-corrected chi connectivity index (χ3v) is 1.65. The molecule has 0 bridgehead atoms. The van der Waals surface area contributed by atoms with E-state index >= 15 is 0 Å². The lowest BCUT2D eigenvalue weighted by Gasteiger charge is -2.07. The van der Waals surface area contributed by atoms with Crippen LogP contribution in [0.15, 0.2) is 23.0 Å². The first-order valence-electron chi connectivity index (χ1n) is 4.61. The SMILES string of the molecule is CC(C)NCCOCc1ccoc1. The van der Waals surface area contributed by atoms with Crippen LogP contribution in [-0.2, 0) is 11.3 Å². The Morgan fingerprint density at radius 2 is 2.38 bits per heavy atom. The molecule has 0 fully saturated rings. The van der Waals surface area contributed by atoms with Crippen molar-refractivity contribution in [2.75, 3.05) is 13.2 Å². The zero-order valence-corrected chi connectivity index (χ0v) is 8.25. The molecule has 0 aromatic carbocycles. The van der Waals surface area contributed by atoms with Gasteiger partial charge in [-0.05, 0) is 6.07 Å². The minimum atomic E-state index is 0.525. The molecule has 1 aromatic rings. The molecule has 0 unspecified atom stereocenters. The third kappa shape index (κ3) is 4.70. The van der Waals surface area contributed by atoms with Gasteiger partial charge in [-0.1, -0.05) is 13.8 Å². The maximum Gasteiger partial charge on any atom is 0.0957 e. The number of hydrogen-bond donors (Lipinski definition) is 1. The lowest BCUT2D eigenvalue weighted by atomic mass is 10.4. The molecule has 13 heavy (non-hydrogen) atoms. The van der Waals surface area contributed by atoms with Crippen molar-refractivity contribution in [1.82, 2.24) is 5.32 Å². The molecule has 3 heteroatoms. The van der Waals surface area contributed by atoms with E-state index in [2.05, 4.69) is 19.2 Å². The molecule has 0 radical (unpaired) electrons. The topological polar surface area (TPSA) is 34.4 Å². The smallest absolute Gasteiger partial charge is 0.0957 e. The molecule has 0 spiro atoms. The summed E-state index contributed by atoms with van der Waals surface area (Å²) in [4.78, 5) is 0. The van der Waals surface area contributed by atoms with Crippen LogP contribution in [0.1, 0.15) is 19.4 Å². The average molecular weight is 183 g/mol. The summed E-state index contributed by atoms with van der Waals surface area (Å²) in [5.41, 5.74) is 1.09. The van der Waals surface area contributed by atoms with E-state index in [1.54, 1.807) is 12.5 Å². The molecule has 0 amide bonds. The summed E-state index contributed by atoms with van der Waals surface area (Å²) in [6.45, 7) is 6.52. The van der Waals surface area contributed by atoms with Gasteiger partial charge >= 0.3 is 0 Å². The standard InChI is InChI=1S/C10H17NO2/c1-9(2)11-4-6-13-8-10-3-5-12-7-10/h3,5,7,9,11H,4,6,8H2,1-2H3. The second-order valence-electron chi connectivity index (χ2n) is 3.29. The van der Waals surface area contributed by atoms with E-state index in [0.29, 0.717) is 12.6 Å². The fourth-order valence-electron chi connectivity index (χ4n) is 0.985. The Balaban J connectivity index is 1.96. The quantitative estimate of drug-likeness (QED) is 0.683. The second kappa shape index (κ2) is 5.78. The highest BCUT2D eigenvalue weighted by Crippen LogP contribution is 2.00. The first-order valence-corrected chi connectivity index (χ1v) is 4.61. The Morgan fingerprint density at radius 3 is 3.00 bits per heavy atom. The fraction of sp³-hybridized carbons (Fsp3) is 0.600. The van der Waals surface area contributed by atoms with Crippen LogP contribution < -0.4 is 5.32 Å². The van der Waals surface area contributed by atoms with Crippen molar-refractivity contribution < 1.29 is 9.15 Å². The molecule has 1 N–H and O–H groups in total. The van der Waals surface area contributed by atoms with Gasteiger partial charge in [-0.25, -0.2) is 0 Å². The van der Waals surface area contributed by atoms with E-state index in [4.69, 9.17) is 9.15 Å². The molecule has 0 atom stereocenters. The van der Waals surface area contributed by atoms with E-state index in [0.717, 1.165) is 18.7 Å². The van der Waals surface area contributed by atoms with E-state index in [1.165, 1.54) is 0 Å². The lowest BCUT2D eigenvalue weighted by molar-refractivity contribution is 0.121.